The van der Waals surface area contributed by atoms with Gasteiger partial charge in [-0.2, -0.15) is 0 Å². The second-order valence-corrected chi connectivity index (χ2v) is 6.82. The minimum atomic E-state index is 0.346. The summed E-state index contributed by atoms with van der Waals surface area (Å²) in [5, 5.41) is 0.556. The first-order chi connectivity index (χ1) is 10.4. The lowest BCUT2D eigenvalue weighted by atomic mass is 9.99. The number of benzene rings is 2. The predicted molar refractivity (Wildman–Crippen MR) is 91.0 cm³/mol. The average molecular weight is 298 g/mol. The summed E-state index contributed by atoms with van der Waals surface area (Å²) in [6.07, 6.45) is 3.78. The van der Waals surface area contributed by atoms with Gasteiger partial charge in [-0.15, -0.1) is 11.8 Å². The highest BCUT2D eigenvalue weighted by Crippen LogP contribution is 2.35. The van der Waals surface area contributed by atoms with Gasteiger partial charge in [-0.3, -0.25) is 0 Å². The van der Waals surface area contributed by atoms with Crippen LogP contribution in [0.5, 0.6) is 5.75 Å². The zero-order chi connectivity index (χ0) is 14.5. The molecule has 0 radical (unpaired) electrons. The molecule has 2 aromatic rings. The van der Waals surface area contributed by atoms with Gasteiger partial charge in [0.25, 0.3) is 0 Å². The van der Waals surface area contributed by atoms with E-state index >= 15 is 0 Å². The first-order valence-electron chi connectivity index (χ1n) is 7.77. The number of rotatable bonds is 5. The van der Waals surface area contributed by atoms with Gasteiger partial charge >= 0.3 is 0 Å². The molecule has 0 N–H and O–H groups in total. The van der Waals surface area contributed by atoms with Gasteiger partial charge in [-0.1, -0.05) is 61.9 Å². The molecule has 0 unspecified atom stereocenters. The lowest BCUT2D eigenvalue weighted by Crippen LogP contribution is -2.35. The Morgan fingerprint density at radius 3 is 2.62 bits per heavy atom. The maximum Gasteiger partial charge on any atom is 0.123 e. The Labute approximate surface area is 131 Å². The Morgan fingerprint density at radius 1 is 1.05 bits per heavy atom. The van der Waals surface area contributed by atoms with E-state index in [-0.39, 0.29) is 0 Å². The molecule has 2 atom stereocenters. The van der Waals surface area contributed by atoms with E-state index in [9.17, 15) is 0 Å². The third-order valence-electron chi connectivity index (χ3n) is 3.97. The van der Waals surface area contributed by atoms with Crippen molar-refractivity contribution >= 4 is 11.8 Å². The van der Waals surface area contributed by atoms with Crippen LogP contribution in [0.15, 0.2) is 54.6 Å². The van der Waals surface area contributed by atoms with Crippen LogP contribution in [-0.2, 0) is 12.2 Å². The first kappa shape index (κ1) is 14.5. The molecule has 0 spiro atoms. The summed E-state index contributed by atoms with van der Waals surface area (Å²) in [5.41, 5.74) is 2.76. The van der Waals surface area contributed by atoms with Crippen LogP contribution in [0.1, 0.15) is 30.9 Å². The standard InChI is InChI=1S/C19H22OS/c1-2-8-18-19(21-14-15-9-4-3-5-10-15)13-16-11-6-7-12-17(16)20-18/h3-7,9-12,18-19H,2,8,13-14H2,1H3/t18-,19+/m1/s1. The van der Waals surface area contributed by atoms with Crippen molar-refractivity contribution in [2.45, 2.75) is 43.3 Å². The third-order valence-corrected chi connectivity index (χ3v) is 5.37. The maximum atomic E-state index is 6.25. The van der Waals surface area contributed by atoms with Crippen LogP contribution >= 0.6 is 11.8 Å². The number of thioether (sulfide) groups is 1. The zero-order valence-corrected chi connectivity index (χ0v) is 13.3. The summed E-state index contributed by atoms with van der Waals surface area (Å²) in [6.45, 7) is 2.24. The molecule has 0 amide bonds. The Balaban J connectivity index is 1.70. The van der Waals surface area contributed by atoms with Crippen LogP contribution in [0.2, 0.25) is 0 Å². The lowest BCUT2D eigenvalue weighted by Gasteiger charge is -2.33. The fourth-order valence-corrected chi connectivity index (χ4v) is 4.15. The molecule has 1 aliphatic heterocycles. The molecule has 1 nitrogen and oxygen atoms in total. The fraction of sp³-hybridized carbons (Fsp3) is 0.368. The van der Waals surface area contributed by atoms with Crippen molar-refractivity contribution in [3.8, 4) is 5.75 Å². The van der Waals surface area contributed by atoms with E-state index in [2.05, 4.69) is 61.5 Å². The molecule has 0 aromatic heterocycles. The van der Waals surface area contributed by atoms with E-state index in [1.165, 1.54) is 17.5 Å². The maximum absolute atomic E-state index is 6.25. The lowest BCUT2D eigenvalue weighted by molar-refractivity contribution is 0.169. The van der Waals surface area contributed by atoms with Crippen LogP contribution in [0.4, 0.5) is 0 Å². The predicted octanol–water partition coefficient (Wildman–Crippen LogP) is 5.09. The third kappa shape index (κ3) is 3.62. The van der Waals surface area contributed by atoms with Crippen molar-refractivity contribution in [3.63, 3.8) is 0 Å². The van der Waals surface area contributed by atoms with E-state index < -0.39 is 0 Å². The number of hydrogen-bond donors (Lipinski definition) is 0. The smallest absolute Gasteiger partial charge is 0.123 e. The summed E-state index contributed by atoms with van der Waals surface area (Å²) < 4.78 is 6.25. The number of hydrogen-bond acceptors (Lipinski definition) is 2. The molecule has 21 heavy (non-hydrogen) atoms. The van der Waals surface area contributed by atoms with Crippen molar-refractivity contribution in [2.24, 2.45) is 0 Å². The monoisotopic (exact) mass is 298 g/mol. The molecule has 0 saturated carbocycles. The van der Waals surface area contributed by atoms with Crippen molar-refractivity contribution in [3.05, 3.63) is 65.7 Å². The molecule has 2 aromatic carbocycles. The minimum absolute atomic E-state index is 0.346. The quantitative estimate of drug-likeness (QED) is 0.760. The second kappa shape index (κ2) is 7.04. The van der Waals surface area contributed by atoms with Crippen molar-refractivity contribution in [1.29, 1.82) is 0 Å². The topological polar surface area (TPSA) is 9.23 Å². The molecular weight excluding hydrogens is 276 g/mol. The van der Waals surface area contributed by atoms with Gasteiger partial charge in [0.2, 0.25) is 0 Å². The van der Waals surface area contributed by atoms with E-state index in [0.29, 0.717) is 11.4 Å². The van der Waals surface area contributed by atoms with Crippen molar-refractivity contribution in [2.75, 3.05) is 0 Å². The SMILES string of the molecule is CCC[C@H]1Oc2ccccc2C[C@@H]1SCc1ccccc1. The number of ether oxygens (including phenoxy) is 1. The fourth-order valence-electron chi connectivity index (χ4n) is 2.85. The Kier molecular flexibility index (Phi) is 4.87. The van der Waals surface area contributed by atoms with E-state index in [0.717, 1.165) is 24.3 Å². The molecule has 0 fully saturated rings. The molecule has 110 valence electrons. The van der Waals surface area contributed by atoms with Gasteiger partial charge < -0.3 is 4.74 Å². The van der Waals surface area contributed by atoms with Gasteiger partial charge in [0.15, 0.2) is 0 Å². The van der Waals surface area contributed by atoms with Gasteiger partial charge in [0.1, 0.15) is 11.9 Å². The normalized spacial score (nSPS) is 20.6. The van der Waals surface area contributed by atoms with Crippen LogP contribution in [0.3, 0.4) is 0 Å². The van der Waals surface area contributed by atoms with E-state index in [1.54, 1.807) is 0 Å². The molecule has 0 bridgehead atoms. The summed E-state index contributed by atoms with van der Waals surface area (Å²) in [6, 6.07) is 19.2. The average Bonchev–Trinajstić information content (AvgIpc) is 2.54. The first-order valence-corrected chi connectivity index (χ1v) is 8.82. The molecule has 2 heteroatoms. The van der Waals surface area contributed by atoms with Crippen LogP contribution in [0, 0.1) is 0 Å². The van der Waals surface area contributed by atoms with Gasteiger partial charge in [0.05, 0.1) is 0 Å². The molecule has 0 saturated heterocycles. The van der Waals surface area contributed by atoms with Crippen LogP contribution in [0.25, 0.3) is 0 Å². The highest BCUT2D eigenvalue weighted by Gasteiger charge is 2.29. The minimum Gasteiger partial charge on any atom is -0.489 e. The van der Waals surface area contributed by atoms with Crippen molar-refractivity contribution < 1.29 is 4.74 Å². The van der Waals surface area contributed by atoms with E-state index in [1.807, 2.05) is 11.8 Å². The highest BCUT2D eigenvalue weighted by molar-refractivity contribution is 7.99. The summed E-state index contributed by atoms with van der Waals surface area (Å²) >= 11 is 2.04. The summed E-state index contributed by atoms with van der Waals surface area (Å²) in [4.78, 5) is 0. The molecular formula is C19H22OS. The summed E-state index contributed by atoms with van der Waals surface area (Å²) in [5.74, 6) is 2.16. The number of fused-ring (bicyclic) bond motifs is 1. The summed E-state index contributed by atoms with van der Waals surface area (Å²) in [7, 11) is 0. The van der Waals surface area contributed by atoms with E-state index in [4.69, 9.17) is 4.74 Å². The Hall–Kier alpha value is -1.41. The van der Waals surface area contributed by atoms with Gasteiger partial charge in [-0.05, 0) is 30.0 Å². The van der Waals surface area contributed by atoms with Gasteiger partial charge in [-0.25, -0.2) is 0 Å². The number of para-hydroxylation sites is 1. The molecule has 3 rings (SSSR count). The van der Waals surface area contributed by atoms with Crippen LogP contribution < -0.4 is 4.74 Å². The second-order valence-electron chi connectivity index (χ2n) is 5.59. The zero-order valence-electron chi connectivity index (χ0n) is 12.5. The van der Waals surface area contributed by atoms with Gasteiger partial charge in [0, 0.05) is 11.0 Å². The molecule has 1 aliphatic rings. The Bertz CT molecular complexity index is 567. The highest BCUT2D eigenvalue weighted by atomic mass is 32.2. The van der Waals surface area contributed by atoms with Crippen molar-refractivity contribution in [1.82, 2.24) is 0 Å². The molecule has 0 aliphatic carbocycles. The van der Waals surface area contributed by atoms with Crippen LogP contribution in [-0.4, -0.2) is 11.4 Å². The Morgan fingerprint density at radius 2 is 1.81 bits per heavy atom. The molecule has 1 heterocycles. The largest absolute Gasteiger partial charge is 0.489 e.